The van der Waals surface area contributed by atoms with Crippen LogP contribution in [0.3, 0.4) is 0 Å². The highest BCUT2D eigenvalue weighted by molar-refractivity contribution is 5.48. The summed E-state index contributed by atoms with van der Waals surface area (Å²) in [7, 11) is 0. The third-order valence-electron chi connectivity index (χ3n) is 4.16. The zero-order chi connectivity index (χ0) is 13.3. The molecule has 0 radical (unpaired) electrons. The lowest BCUT2D eigenvalue weighted by Crippen LogP contribution is -2.46. The van der Waals surface area contributed by atoms with Crippen LogP contribution in [0.2, 0.25) is 0 Å². The Balaban J connectivity index is 2.29. The van der Waals surface area contributed by atoms with Crippen molar-refractivity contribution in [2.75, 3.05) is 11.4 Å². The zero-order valence-electron chi connectivity index (χ0n) is 11.8. The molecule has 100 valence electrons. The minimum Gasteiger partial charge on any atom is -0.392 e. The average molecular weight is 248 g/mol. The Labute approximate surface area is 110 Å². The molecule has 3 nitrogen and oxygen atoms in total. The van der Waals surface area contributed by atoms with E-state index >= 15 is 0 Å². The number of pyridine rings is 1. The topological polar surface area (TPSA) is 36.4 Å². The van der Waals surface area contributed by atoms with Crippen LogP contribution in [0.1, 0.15) is 38.3 Å². The van der Waals surface area contributed by atoms with Crippen molar-refractivity contribution in [3.8, 4) is 0 Å². The fourth-order valence-electron chi connectivity index (χ4n) is 3.01. The number of anilines is 1. The van der Waals surface area contributed by atoms with Crippen molar-refractivity contribution in [3.63, 3.8) is 0 Å². The highest BCUT2D eigenvalue weighted by Gasteiger charge is 2.30. The third kappa shape index (κ3) is 2.51. The van der Waals surface area contributed by atoms with Crippen molar-refractivity contribution >= 4 is 5.82 Å². The van der Waals surface area contributed by atoms with Crippen LogP contribution in [0.15, 0.2) is 12.3 Å². The molecule has 1 N–H and O–H groups in total. The van der Waals surface area contributed by atoms with Crippen LogP contribution in [0, 0.1) is 18.8 Å². The number of aliphatic hydroxyl groups is 1. The van der Waals surface area contributed by atoms with Crippen molar-refractivity contribution in [1.29, 1.82) is 0 Å². The Morgan fingerprint density at radius 3 is 2.72 bits per heavy atom. The summed E-state index contributed by atoms with van der Waals surface area (Å²) in [5.41, 5.74) is 2.05. The molecule has 2 rings (SSSR count). The average Bonchev–Trinajstić information content (AvgIpc) is 2.34. The summed E-state index contributed by atoms with van der Waals surface area (Å²) in [6, 6.07) is 2.58. The van der Waals surface area contributed by atoms with Crippen molar-refractivity contribution in [1.82, 2.24) is 4.98 Å². The molecule has 1 aromatic rings. The minimum atomic E-state index is 0.0660. The van der Waals surface area contributed by atoms with Crippen molar-refractivity contribution < 1.29 is 5.11 Å². The number of aliphatic hydroxyl groups excluding tert-OH is 1. The van der Waals surface area contributed by atoms with E-state index in [0.29, 0.717) is 12.0 Å². The number of hydrogen-bond acceptors (Lipinski definition) is 3. The summed E-state index contributed by atoms with van der Waals surface area (Å²) in [5, 5.41) is 9.15. The molecule has 0 spiro atoms. The highest BCUT2D eigenvalue weighted by atomic mass is 16.3. The molecule has 1 aromatic heterocycles. The van der Waals surface area contributed by atoms with Crippen LogP contribution in [-0.2, 0) is 6.61 Å². The molecule has 0 aliphatic carbocycles. The van der Waals surface area contributed by atoms with Crippen LogP contribution in [0.25, 0.3) is 0 Å². The molecule has 18 heavy (non-hydrogen) atoms. The lowest BCUT2D eigenvalue weighted by Gasteiger charge is -2.42. The Morgan fingerprint density at radius 2 is 2.11 bits per heavy atom. The van der Waals surface area contributed by atoms with Gasteiger partial charge in [-0.3, -0.25) is 0 Å². The first-order valence-electron chi connectivity index (χ1n) is 6.86. The maximum atomic E-state index is 9.15. The van der Waals surface area contributed by atoms with E-state index < -0.39 is 0 Å². The summed E-state index contributed by atoms with van der Waals surface area (Å²) >= 11 is 0. The molecule has 3 unspecified atom stereocenters. The number of nitrogens with zero attached hydrogens (tertiary/aromatic N) is 2. The zero-order valence-corrected chi connectivity index (χ0v) is 11.8. The molecule has 3 atom stereocenters. The largest absolute Gasteiger partial charge is 0.392 e. The molecule has 0 bridgehead atoms. The molecule has 0 amide bonds. The molecular weight excluding hydrogens is 224 g/mol. The summed E-state index contributed by atoms with van der Waals surface area (Å²) in [5.74, 6) is 2.50. The predicted molar refractivity (Wildman–Crippen MR) is 74.6 cm³/mol. The molecule has 1 saturated heterocycles. The minimum absolute atomic E-state index is 0.0660. The number of rotatable bonds is 2. The van der Waals surface area contributed by atoms with Gasteiger partial charge in [0.25, 0.3) is 0 Å². The monoisotopic (exact) mass is 248 g/mol. The van der Waals surface area contributed by atoms with Gasteiger partial charge in [-0.25, -0.2) is 4.98 Å². The quantitative estimate of drug-likeness (QED) is 0.874. The van der Waals surface area contributed by atoms with E-state index in [4.69, 9.17) is 5.11 Å². The number of aryl methyl sites for hydroxylation is 1. The van der Waals surface area contributed by atoms with E-state index in [9.17, 15) is 0 Å². The number of hydrogen-bond donors (Lipinski definition) is 1. The molecule has 1 aliphatic rings. The smallest absolute Gasteiger partial charge is 0.131 e. The van der Waals surface area contributed by atoms with Gasteiger partial charge < -0.3 is 10.0 Å². The Hall–Kier alpha value is -1.09. The van der Waals surface area contributed by atoms with Crippen LogP contribution in [0.4, 0.5) is 5.82 Å². The van der Waals surface area contributed by atoms with Crippen LogP contribution >= 0.6 is 0 Å². The van der Waals surface area contributed by atoms with Crippen molar-refractivity contribution in [2.24, 2.45) is 11.8 Å². The summed E-state index contributed by atoms with van der Waals surface area (Å²) in [6.07, 6.45) is 3.09. The van der Waals surface area contributed by atoms with Gasteiger partial charge in [-0.05, 0) is 49.3 Å². The molecular formula is C15H24N2O. The van der Waals surface area contributed by atoms with E-state index in [1.807, 2.05) is 6.07 Å². The van der Waals surface area contributed by atoms with Gasteiger partial charge in [-0.2, -0.15) is 0 Å². The van der Waals surface area contributed by atoms with E-state index in [2.05, 4.69) is 37.6 Å². The SMILES string of the molecule is Cc1cc(CO)cnc1N1CC(C)CC(C)C1C. The van der Waals surface area contributed by atoms with E-state index in [1.54, 1.807) is 6.20 Å². The highest BCUT2D eigenvalue weighted by Crippen LogP contribution is 2.31. The maximum absolute atomic E-state index is 9.15. The standard InChI is InChI=1S/C15H24N2O/c1-10-5-11(2)13(4)17(8-10)15-12(3)6-14(9-18)7-16-15/h6-7,10-11,13,18H,5,8-9H2,1-4H3. The third-order valence-corrected chi connectivity index (χ3v) is 4.16. The summed E-state index contributed by atoms with van der Waals surface area (Å²) in [4.78, 5) is 6.98. The Kier molecular flexibility index (Phi) is 3.91. The van der Waals surface area contributed by atoms with Crippen LogP contribution in [0.5, 0.6) is 0 Å². The van der Waals surface area contributed by atoms with Gasteiger partial charge >= 0.3 is 0 Å². The van der Waals surface area contributed by atoms with Gasteiger partial charge in [0, 0.05) is 18.8 Å². The summed E-state index contributed by atoms with van der Waals surface area (Å²) < 4.78 is 0. The van der Waals surface area contributed by atoms with Gasteiger partial charge in [0.05, 0.1) is 6.61 Å². The number of aromatic nitrogens is 1. The molecule has 0 aromatic carbocycles. The van der Waals surface area contributed by atoms with Crippen LogP contribution in [-0.4, -0.2) is 22.7 Å². The summed E-state index contributed by atoms with van der Waals surface area (Å²) in [6.45, 7) is 10.2. The fraction of sp³-hybridized carbons (Fsp3) is 0.667. The van der Waals surface area contributed by atoms with Crippen molar-refractivity contribution in [3.05, 3.63) is 23.4 Å². The lowest BCUT2D eigenvalue weighted by molar-refractivity contribution is 0.280. The Morgan fingerprint density at radius 1 is 1.39 bits per heavy atom. The first-order valence-corrected chi connectivity index (χ1v) is 6.86. The normalized spacial score (nSPS) is 28.5. The van der Waals surface area contributed by atoms with Gasteiger partial charge in [0.1, 0.15) is 5.82 Å². The van der Waals surface area contributed by atoms with Crippen molar-refractivity contribution in [2.45, 2.75) is 46.8 Å². The first-order chi connectivity index (χ1) is 8.52. The predicted octanol–water partition coefficient (Wildman–Crippen LogP) is 2.75. The second kappa shape index (κ2) is 5.27. The van der Waals surface area contributed by atoms with Gasteiger partial charge in [-0.15, -0.1) is 0 Å². The van der Waals surface area contributed by atoms with E-state index in [-0.39, 0.29) is 6.61 Å². The van der Waals surface area contributed by atoms with E-state index in [0.717, 1.165) is 29.4 Å². The molecule has 1 fully saturated rings. The van der Waals surface area contributed by atoms with Crippen LogP contribution < -0.4 is 4.90 Å². The first kappa shape index (κ1) is 13.3. The molecule has 0 saturated carbocycles. The fourth-order valence-corrected chi connectivity index (χ4v) is 3.01. The molecule has 3 heteroatoms. The van der Waals surface area contributed by atoms with Gasteiger partial charge in [0.15, 0.2) is 0 Å². The number of piperidine rings is 1. The van der Waals surface area contributed by atoms with Gasteiger partial charge in [-0.1, -0.05) is 13.8 Å². The second-order valence-corrected chi connectivity index (χ2v) is 5.85. The van der Waals surface area contributed by atoms with Gasteiger partial charge in [0.2, 0.25) is 0 Å². The second-order valence-electron chi connectivity index (χ2n) is 5.85. The van der Waals surface area contributed by atoms with E-state index in [1.165, 1.54) is 6.42 Å². The Bertz CT molecular complexity index is 419. The molecule has 2 heterocycles. The maximum Gasteiger partial charge on any atom is 0.131 e. The molecule has 1 aliphatic heterocycles. The lowest BCUT2D eigenvalue weighted by atomic mass is 9.86.